The smallest absolute Gasteiger partial charge is 0.270 e. The standard InChI is InChI=1S/C12H7BrClN3O3/c13-9-5-7(17(19)20)1-2-11(9)16-12(18)8-3-4-15-6-10(8)14/h1-6H,(H,16,18). The normalized spacial score (nSPS) is 10.1. The number of nitro benzene ring substituents is 1. The number of nitrogens with one attached hydrogen (secondary N) is 1. The minimum Gasteiger partial charge on any atom is -0.321 e. The van der Waals surface area contributed by atoms with Gasteiger partial charge in [-0.3, -0.25) is 19.9 Å². The highest BCUT2D eigenvalue weighted by molar-refractivity contribution is 9.10. The van der Waals surface area contributed by atoms with Gasteiger partial charge in [0.25, 0.3) is 11.6 Å². The quantitative estimate of drug-likeness (QED) is 0.672. The molecule has 1 amide bonds. The number of amides is 1. The van der Waals surface area contributed by atoms with E-state index in [0.29, 0.717) is 10.2 Å². The maximum atomic E-state index is 12.0. The molecule has 0 fully saturated rings. The molecule has 20 heavy (non-hydrogen) atoms. The number of nitro groups is 1. The highest BCUT2D eigenvalue weighted by Gasteiger charge is 2.14. The molecule has 0 saturated heterocycles. The average molecular weight is 357 g/mol. The molecule has 0 saturated carbocycles. The van der Waals surface area contributed by atoms with E-state index in [-0.39, 0.29) is 16.3 Å². The van der Waals surface area contributed by atoms with Gasteiger partial charge in [0, 0.05) is 29.0 Å². The second-order valence-electron chi connectivity index (χ2n) is 3.73. The molecule has 2 aromatic rings. The highest BCUT2D eigenvalue weighted by Crippen LogP contribution is 2.28. The largest absolute Gasteiger partial charge is 0.321 e. The maximum Gasteiger partial charge on any atom is 0.270 e. The Labute approximate surface area is 127 Å². The van der Waals surface area contributed by atoms with Gasteiger partial charge in [-0.25, -0.2) is 0 Å². The predicted octanol–water partition coefficient (Wildman–Crippen LogP) is 3.66. The molecular formula is C12H7BrClN3O3. The lowest BCUT2D eigenvalue weighted by Gasteiger charge is -2.08. The van der Waals surface area contributed by atoms with Gasteiger partial charge in [0.15, 0.2) is 0 Å². The van der Waals surface area contributed by atoms with Crippen LogP contribution in [0.5, 0.6) is 0 Å². The van der Waals surface area contributed by atoms with E-state index in [4.69, 9.17) is 11.6 Å². The van der Waals surface area contributed by atoms with Crippen LogP contribution < -0.4 is 5.32 Å². The number of rotatable bonds is 3. The van der Waals surface area contributed by atoms with Crippen LogP contribution in [0.1, 0.15) is 10.4 Å². The van der Waals surface area contributed by atoms with E-state index in [2.05, 4.69) is 26.2 Å². The number of pyridine rings is 1. The summed E-state index contributed by atoms with van der Waals surface area (Å²) in [5.41, 5.74) is 0.609. The highest BCUT2D eigenvalue weighted by atomic mass is 79.9. The first-order valence-electron chi connectivity index (χ1n) is 5.34. The van der Waals surface area contributed by atoms with Crippen molar-refractivity contribution in [1.82, 2.24) is 4.98 Å². The van der Waals surface area contributed by atoms with Crippen LogP contribution in [0.15, 0.2) is 41.1 Å². The minimum absolute atomic E-state index is 0.0724. The Hall–Kier alpha value is -1.99. The molecule has 0 bridgehead atoms. The molecule has 0 aliphatic carbocycles. The minimum atomic E-state index is -0.518. The first kappa shape index (κ1) is 14.4. The van der Waals surface area contributed by atoms with Crippen LogP contribution in [0.25, 0.3) is 0 Å². The first-order valence-corrected chi connectivity index (χ1v) is 6.51. The third-order valence-electron chi connectivity index (χ3n) is 2.43. The lowest BCUT2D eigenvalue weighted by Crippen LogP contribution is -2.13. The maximum absolute atomic E-state index is 12.0. The third-order valence-corrected chi connectivity index (χ3v) is 3.39. The van der Waals surface area contributed by atoms with Gasteiger partial charge in [0.05, 0.1) is 21.2 Å². The summed E-state index contributed by atoms with van der Waals surface area (Å²) in [6.45, 7) is 0. The molecule has 2 rings (SSSR count). The van der Waals surface area contributed by atoms with E-state index >= 15 is 0 Å². The van der Waals surface area contributed by atoms with E-state index < -0.39 is 10.8 Å². The van der Waals surface area contributed by atoms with Crippen molar-refractivity contribution in [3.05, 3.63) is 61.8 Å². The molecule has 1 aromatic carbocycles. The Balaban J connectivity index is 2.25. The summed E-state index contributed by atoms with van der Waals surface area (Å²) in [6, 6.07) is 5.53. The van der Waals surface area contributed by atoms with Gasteiger partial charge in [-0.05, 0) is 28.1 Å². The fourth-order valence-electron chi connectivity index (χ4n) is 1.47. The van der Waals surface area contributed by atoms with Gasteiger partial charge in [-0.15, -0.1) is 0 Å². The van der Waals surface area contributed by atoms with E-state index in [0.717, 1.165) is 0 Å². The number of non-ortho nitro benzene ring substituents is 1. The first-order chi connectivity index (χ1) is 9.49. The summed E-state index contributed by atoms with van der Waals surface area (Å²) in [6.07, 6.45) is 2.81. The zero-order valence-corrected chi connectivity index (χ0v) is 12.2. The molecule has 0 spiro atoms. The summed E-state index contributed by atoms with van der Waals surface area (Å²) in [5.74, 6) is -0.424. The summed E-state index contributed by atoms with van der Waals surface area (Å²) < 4.78 is 0.408. The van der Waals surface area contributed by atoms with E-state index in [1.807, 2.05) is 0 Å². The Bertz CT molecular complexity index is 693. The molecule has 8 heteroatoms. The average Bonchev–Trinajstić information content (AvgIpc) is 2.41. The number of halogens is 2. The van der Waals surface area contributed by atoms with Crippen molar-refractivity contribution in [2.75, 3.05) is 5.32 Å². The molecule has 0 atom stereocenters. The van der Waals surface area contributed by atoms with Crippen LogP contribution in [-0.2, 0) is 0 Å². The summed E-state index contributed by atoms with van der Waals surface area (Å²) in [4.78, 5) is 25.9. The summed E-state index contributed by atoms with van der Waals surface area (Å²) in [5, 5.41) is 13.5. The van der Waals surface area contributed by atoms with Crippen molar-refractivity contribution >= 4 is 44.8 Å². The summed E-state index contributed by atoms with van der Waals surface area (Å²) in [7, 11) is 0. The SMILES string of the molecule is O=C(Nc1ccc([N+](=O)[O-])cc1Br)c1ccncc1Cl. The zero-order chi connectivity index (χ0) is 14.7. The Kier molecular flexibility index (Phi) is 4.31. The molecule has 0 aliphatic rings. The second kappa shape index (κ2) is 5.98. The number of anilines is 1. The van der Waals surface area contributed by atoms with E-state index in [9.17, 15) is 14.9 Å². The van der Waals surface area contributed by atoms with Crippen molar-refractivity contribution in [3.63, 3.8) is 0 Å². The fourth-order valence-corrected chi connectivity index (χ4v) is 2.14. The molecule has 0 unspecified atom stereocenters. The van der Waals surface area contributed by atoms with Crippen molar-refractivity contribution in [2.24, 2.45) is 0 Å². The number of nitrogens with zero attached hydrogens (tertiary/aromatic N) is 2. The van der Waals surface area contributed by atoms with Crippen molar-refractivity contribution in [1.29, 1.82) is 0 Å². The van der Waals surface area contributed by atoms with Gasteiger partial charge in [-0.1, -0.05) is 11.6 Å². The molecule has 6 nitrogen and oxygen atoms in total. The lowest BCUT2D eigenvalue weighted by molar-refractivity contribution is -0.384. The van der Waals surface area contributed by atoms with Crippen molar-refractivity contribution in [2.45, 2.75) is 0 Å². The second-order valence-corrected chi connectivity index (χ2v) is 4.99. The number of carbonyl (C=O) groups excluding carboxylic acids is 1. The molecule has 0 aliphatic heterocycles. The van der Waals surface area contributed by atoms with Crippen LogP contribution in [0.3, 0.4) is 0 Å². The number of carbonyl (C=O) groups is 1. The number of aromatic nitrogens is 1. The Morgan fingerprint density at radius 2 is 2.15 bits per heavy atom. The monoisotopic (exact) mass is 355 g/mol. The molecule has 1 aromatic heterocycles. The third kappa shape index (κ3) is 3.12. The molecule has 0 radical (unpaired) electrons. The number of benzene rings is 1. The van der Waals surface area contributed by atoms with Gasteiger partial charge in [0.1, 0.15) is 0 Å². The van der Waals surface area contributed by atoms with Crippen molar-refractivity contribution in [3.8, 4) is 0 Å². The van der Waals surface area contributed by atoms with Crippen LogP contribution >= 0.6 is 27.5 Å². The van der Waals surface area contributed by atoms with E-state index in [1.165, 1.54) is 36.7 Å². The predicted molar refractivity (Wildman–Crippen MR) is 78.0 cm³/mol. The van der Waals surface area contributed by atoms with Crippen LogP contribution in [-0.4, -0.2) is 15.8 Å². The Morgan fingerprint density at radius 1 is 1.40 bits per heavy atom. The van der Waals surface area contributed by atoms with Crippen LogP contribution in [0, 0.1) is 10.1 Å². The van der Waals surface area contributed by atoms with Crippen molar-refractivity contribution < 1.29 is 9.72 Å². The zero-order valence-electron chi connectivity index (χ0n) is 9.84. The van der Waals surface area contributed by atoms with Gasteiger partial charge < -0.3 is 5.32 Å². The molecular weight excluding hydrogens is 350 g/mol. The fraction of sp³-hybridized carbons (Fsp3) is 0. The lowest BCUT2D eigenvalue weighted by atomic mass is 10.2. The molecule has 1 heterocycles. The van der Waals surface area contributed by atoms with Crippen LogP contribution in [0.2, 0.25) is 5.02 Å². The van der Waals surface area contributed by atoms with Gasteiger partial charge in [0.2, 0.25) is 0 Å². The van der Waals surface area contributed by atoms with Gasteiger partial charge >= 0.3 is 0 Å². The summed E-state index contributed by atoms with van der Waals surface area (Å²) >= 11 is 9.04. The Morgan fingerprint density at radius 3 is 2.75 bits per heavy atom. The number of hydrogen-bond donors (Lipinski definition) is 1. The number of hydrogen-bond acceptors (Lipinski definition) is 4. The van der Waals surface area contributed by atoms with E-state index in [1.54, 1.807) is 0 Å². The van der Waals surface area contributed by atoms with Crippen LogP contribution in [0.4, 0.5) is 11.4 Å². The topological polar surface area (TPSA) is 85.1 Å². The van der Waals surface area contributed by atoms with Gasteiger partial charge in [-0.2, -0.15) is 0 Å². The molecule has 102 valence electrons. The molecule has 1 N–H and O–H groups in total.